The lowest BCUT2D eigenvalue weighted by Gasteiger charge is -2.45. The number of nitrogens with one attached hydrogen (secondary N) is 1. The molecular weight excluding hydrogens is 268 g/mol. The van der Waals surface area contributed by atoms with E-state index in [0.29, 0.717) is 18.3 Å². The third kappa shape index (κ3) is 2.42. The van der Waals surface area contributed by atoms with E-state index in [2.05, 4.69) is 15.4 Å². The van der Waals surface area contributed by atoms with Crippen LogP contribution in [0.5, 0.6) is 0 Å². The molecule has 1 amide bonds. The molecule has 1 aromatic heterocycles. The Morgan fingerprint density at radius 2 is 2.05 bits per heavy atom. The van der Waals surface area contributed by atoms with Crippen molar-refractivity contribution in [3.63, 3.8) is 0 Å². The molecule has 0 bridgehead atoms. The normalized spacial score (nSPS) is 21.6. The van der Waals surface area contributed by atoms with Gasteiger partial charge in [-0.1, -0.05) is 0 Å². The van der Waals surface area contributed by atoms with E-state index in [0.717, 1.165) is 31.0 Å². The average molecular weight is 290 g/mol. The van der Waals surface area contributed by atoms with Crippen molar-refractivity contribution in [3.05, 3.63) is 11.9 Å². The van der Waals surface area contributed by atoms with Crippen LogP contribution in [-0.2, 0) is 4.79 Å². The highest BCUT2D eigenvalue weighted by Crippen LogP contribution is 2.39. The van der Waals surface area contributed by atoms with Crippen molar-refractivity contribution in [2.24, 2.45) is 5.84 Å². The highest BCUT2D eigenvalue weighted by Gasteiger charge is 2.41. The number of carbonyl (C=O) groups excluding carboxylic acids is 1. The van der Waals surface area contributed by atoms with Gasteiger partial charge in [0.25, 0.3) is 0 Å². The van der Waals surface area contributed by atoms with Crippen molar-refractivity contribution in [1.82, 2.24) is 14.9 Å². The summed E-state index contributed by atoms with van der Waals surface area (Å²) < 4.78 is 0. The molecule has 2 heterocycles. The first kappa shape index (κ1) is 14.1. The Morgan fingerprint density at radius 1 is 1.33 bits per heavy atom. The number of carbonyl (C=O) groups is 1. The smallest absolute Gasteiger partial charge is 0.247 e. The fourth-order valence-corrected chi connectivity index (χ4v) is 2.80. The predicted octanol–water partition coefficient (Wildman–Crippen LogP) is 0.697. The monoisotopic (exact) mass is 290 g/mol. The predicted molar refractivity (Wildman–Crippen MR) is 80.9 cm³/mol. The van der Waals surface area contributed by atoms with Crippen LogP contribution in [0, 0.1) is 0 Å². The molecule has 1 aliphatic carbocycles. The summed E-state index contributed by atoms with van der Waals surface area (Å²) in [6.07, 6.45) is 2.25. The van der Waals surface area contributed by atoms with E-state index >= 15 is 0 Å². The maximum absolute atomic E-state index is 12.4. The van der Waals surface area contributed by atoms with Gasteiger partial charge in [-0.3, -0.25) is 4.79 Å². The van der Waals surface area contributed by atoms with Crippen LogP contribution in [-0.4, -0.2) is 46.5 Å². The van der Waals surface area contributed by atoms with Gasteiger partial charge in [-0.15, -0.1) is 0 Å². The topological polar surface area (TPSA) is 87.4 Å². The van der Waals surface area contributed by atoms with Crippen LogP contribution >= 0.6 is 0 Å². The molecule has 3 rings (SSSR count). The highest BCUT2D eigenvalue weighted by atomic mass is 16.2. The van der Waals surface area contributed by atoms with Gasteiger partial charge >= 0.3 is 0 Å². The molecule has 2 fully saturated rings. The van der Waals surface area contributed by atoms with Crippen LogP contribution in [0.3, 0.4) is 0 Å². The lowest BCUT2D eigenvalue weighted by atomic mass is 9.98. The maximum atomic E-state index is 12.4. The minimum atomic E-state index is -0.617. The minimum absolute atomic E-state index is 0.0996. The SMILES string of the molecule is CN1CCN(c2cc(NN)nc(C3CC3)n2)C(C)(C)C1=O. The standard InChI is InChI=1S/C14H22N6O/c1-14(2)13(21)19(3)6-7-20(14)11-8-10(18-15)16-12(17-11)9-4-5-9/h8-9H,4-7,15H2,1-3H3,(H,16,17,18). The molecule has 0 aromatic carbocycles. The molecule has 0 spiro atoms. The first-order valence-electron chi connectivity index (χ1n) is 7.32. The van der Waals surface area contributed by atoms with Gasteiger partial charge in [0.05, 0.1) is 0 Å². The number of hydrogen-bond acceptors (Lipinski definition) is 6. The molecule has 2 aliphatic rings. The highest BCUT2D eigenvalue weighted by molar-refractivity contribution is 5.90. The molecule has 0 unspecified atom stereocenters. The van der Waals surface area contributed by atoms with Crippen molar-refractivity contribution in [3.8, 4) is 0 Å². The Balaban J connectivity index is 1.99. The third-order valence-corrected chi connectivity index (χ3v) is 4.30. The Hall–Kier alpha value is -1.89. The number of hydrazine groups is 1. The number of likely N-dealkylation sites (N-methyl/N-ethyl adjacent to an activating group) is 1. The van der Waals surface area contributed by atoms with Crippen LogP contribution in [0.25, 0.3) is 0 Å². The Kier molecular flexibility index (Phi) is 3.24. The molecule has 7 nitrogen and oxygen atoms in total. The molecule has 114 valence electrons. The Labute approximate surface area is 124 Å². The first-order valence-corrected chi connectivity index (χ1v) is 7.32. The molecule has 21 heavy (non-hydrogen) atoms. The molecule has 3 N–H and O–H groups in total. The van der Waals surface area contributed by atoms with Crippen LogP contribution in [0.15, 0.2) is 6.07 Å². The zero-order valence-electron chi connectivity index (χ0n) is 12.8. The van der Waals surface area contributed by atoms with Crippen molar-refractivity contribution in [1.29, 1.82) is 0 Å². The molecule has 0 atom stereocenters. The van der Waals surface area contributed by atoms with Crippen molar-refractivity contribution in [2.45, 2.75) is 38.1 Å². The van der Waals surface area contributed by atoms with E-state index in [4.69, 9.17) is 5.84 Å². The molecule has 7 heteroatoms. The first-order chi connectivity index (χ1) is 9.93. The zero-order valence-corrected chi connectivity index (χ0v) is 12.8. The summed E-state index contributed by atoms with van der Waals surface area (Å²) in [5, 5.41) is 0. The number of rotatable bonds is 3. The summed E-state index contributed by atoms with van der Waals surface area (Å²) in [5.74, 6) is 8.25. The van der Waals surface area contributed by atoms with Crippen LogP contribution in [0.4, 0.5) is 11.6 Å². The zero-order chi connectivity index (χ0) is 15.2. The maximum Gasteiger partial charge on any atom is 0.247 e. The summed E-state index contributed by atoms with van der Waals surface area (Å²) in [4.78, 5) is 25.3. The summed E-state index contributed by atoms with van der Waals surface area (Å²) in [6.45, 7) is 5.30. The molecular formula is C14H22N6O. The van der Waals surface area contributed by atoms with E-state index in [1.165, 1.54) is 0 Å². The Bertz CT molecular complexity index is 569. The van der Waals surface area contributed by atoms with E-state index in [1.54, 1.807) is 4.90 Å². The lowest BCUT2D eigenvalue weighted by molar-refractivity contribution is -0.136. The van der Waals surface area contributed by atoms with Crippen molar-refractivity contribution < 1.29 is 4.79 Å². The molecule has 1 aliphatic heterocycles. The van der Waals surface area contributed by atoms with Gasteiger partial charge in [-0.25, -0.2) is 15.8 Å². The third-order valence-electron chi connectivity index (χ3n) is 4.30. The van der Waals surface area contributed by atoms with Crippen LogP contribution in [0.1, 0.15) is 38.4 Å². The summed E-state index contributed by atoms with van der Waals surface area (Å²) in [6, 6.07) is 1.81. The number of anilines is 2. The number of nitrogens with zero attached hydrogens (tertiary/aromatic N) is 4. The van der Waals surface area contributed by atoms with E-state index in [9.17, 15) is 4.79 Å². The average Bonchev–Trinajstić information content (AvgIpc) is 3.29. The summed E-state index contributed by atoms with van der Waals surface area (Å²) in [5.41, 5.74) is 1.99. The van der Waals surface area contributed by atoms with Gasteiger partial charge in [0, 0.05) is 32.1 Å². The minimum Gasteiger partial charge on any atom is -0.342 e. The summed E-state index contributed by atoms with van der Waals surface area (Å²) >= 11 is 0. The van der Waals surface area contributed by atoms with Crippen LogP contribution in [0.2, 0.25) is 0 Å². The number of piperazine rings is 1. The lowest BCUT2D eigenvalue weighted by Crippen LogP contribution is -2.62. The van der Waals surface area contributed by atoms with E-state index in [1.807, 2.05) is 31.9 Å². The van der Waals surface area contributed by atoms with E-state index in [-0.39, 0.29) is 5.91 Å². The Morgan fingerprint density at radius 3 is 2.67 bits per heavy atom. The fourth-order valence-electron chi connectivity index (χ4n) is 2.80. The van der Waals surface area contributed by atoms with Crippen molar-refractivity contribution in [2.75, 3.05) is 30.5 Å². The number of nitrogens with two attached hydrogens (primary N) is 1. The molecule has 0 radical (unpaired) electrons. The second kappa shape index (κ2) is 4.84. The van der Waals surface area contributed by atoms with Gasteiger partial charge < -0.3 is 15.2 Å². The van der Waals surface area contributed by atoms with Gasteiger partial charge in [0.2, 0.25) is 5.91 Å². The molecule has 1 aromatic rings. The number of hydrogen-bond donors (Lipinski definition) is 2. The van der Waals surface area contributed by atoms with Crippen molar-refractivity contribution >= 4 is 17.5 Å². The largest absolute Gasteiger partial charge is 0.342 e. The number of aromatic nitrogens is 2. The van der Waals surface area contributed by atoms with Gasteiger partial charge in [0.15, 0.2) is 0 Å². The quantitative estimate of drug-likeness (QED) is 0.629. The van der Waals surface area contributed by atoms with Gasteiger partial charge in [-0.05, 0) is 26.7 Å². The number of amides is 1. The molecule has 1 saturated heterocycles. The van der Waals surface area contributed by atoms with Gasteiger partial charge in [-0.2, -0.15) is 0 Å². The second-order valence-corrected chi connectivity index (χ2v) is 6.33. The molecule has 1 saturated carbocycles. The number of nitrogen functional groups attached to an aromatic ring is 1. The van der Waals surface area contributed by atoms with Gasteiger partial charge in [0.1, 0.15) is 23.0 Å². The summed E-state index contributed by atoms with van der Waals surface area (Å²) in [7, 11) is 1.84. The van der Waals surface area contributed by atoms with Crippen LogP contribution < -0.4 is 16.2 Å². The van der Waals surface area contributed by atoms with E-state index < -0.39 is 5.54 Å². The fraction of sp³-hybridized carbons (Fsp3) is 0.643. The second-order valence-electron chi connectivity index (χ2n) is 6.33.